The van der Waals surface area contributed by atoms with Gasteiger partial charge in [-0.2, -0.15) is 0 Å². The zero-order valence-electron chi connectivity index (χ0n) is 5.09. The SMILES string of the molecule is O=S1(=O)NCc2c[nH]cc21. The van der Waals surface area contributed by atoms with Crippen LogP contribution < -0.4 is 4.72 Å². The fourth-order valence-electron chi connectivity index (χ4n) is 1.02. The summed E-state index contributed by atoms with van der Waals surface area (Å²) in [7, 11) is -3.14. The third-order valence-corrected chi connectivity index (χ3v) is 3.01. The van der Waals surface area contributed by atoms with Crippen molar-refractivity contribution in [2.45, 2.75) is 11.4 Å². The van der Waals surface area contributed by atoms with Gasteiger partial charge in [0.05, 0.1) is 0 Å². The fraction of sp³-hybridized carbons (Fsp3) is 0.200. The highest BCUT2D eigenvalue weighted by Gasteiger charge is 2.25. The third kappa shape index (κ3) is 0.614. The maximum atomic E-state index is 11.0. The first kappa shape index (κ1) is 5.94. The van der Waals surface area contributed by atoms with Gasteiger partial charge in [-0.05, 0) is 0 Å². The molecule has 4 nitrogen and oxygen atoms in total. The van der Waals surface area contributed by atoms with Crippen LogP contribution in [0.3, 0.4) is 0 Å². The predicted octanol–water partition coefficient (Wildman–Crippen LogP) is -0.193. The van der Waals surface area contributed by atoms with Crippen molar-refractivity contribution in [3.05, 3.63) is 18.0 Å². The van der Waals surface area contributed by atoms with Gasteiger partial charge in [0.2, 0.25) is 10.0 Å². The predicted molar refractivity (Wildman–Crippen MR) is 34.8 cm³/mol. The summed E-state index contributed by atoms with van der Waals surface area (Å²) in [6.45, 7) is 0.418. The summed E-state index contributed by atoms with van der Waals surface area (Å²) in [5, 5.41) is 0. The van der Waals surface area contributed by atoms with Crippen LogP contribution in [0.5, 0.6) is 0 Å². The Morgan fingerprint density at radius 2 is 2.20 bits per heavy atom. The van der Waals surface area contributed by atoms with Crippen LogP contribution in [0.4, 0.5) is 0 Å². The van der Waals surface area contributed by atoms with Gasteiger partial charge in [-0.3, -0.25) is 0 Å². The summed E-state index contributed by atoms with van der Waals surface area (Å²) >= 11 is 0. The molecular formula is C5H6N2O2S. The van der Waals surface area contributed by atoms with Crippen LogP contribution in [0.1, 0.15) is 5.56 Å². The molecule has 0 spiro atoms. The second kappa shape index (κ2) is 1.62. The molecule has 0 saturated heterocycles. The minimum Gasteiger partial charge on any atom is -0.366 e. The Balaban J connectivity index is 2.76. The minimum absolute atomic E-state index is 0.382. The van der Waals surface area contributed by atoms with Crippen molar-refractivity contribution < 1.29 is 8.42 Å². The van der Waals surface area contributed by atoms with Crippen LogP contribution in [0.2, 0.25) is 0 Å². The molecule has 1 aliphatic rings. The largest absolute Gasteiger partial charge is 0.366 e. The van der Waals surface area contributed by atoms with Crippen molar-refractivity contribution in [3.8, 4) is 0 Å². The van der Waals surface area contributed by atoms with Crippen molar-refractivity contribution in [1.82, 2.24) is 9.71 Å². The van der Waals surface area contributed by atoms with E-state index in [1.165, 1.54) is 6.20 Å². The highest BCUT2D eigenvalue weighted by atomic mass is 32.2. The molecule has 10 heavy (non-hydrogen) atoms. The zero-order chi connectivity index (χ0) is 7.19. The summed E-state index contributed by atoms with van der Waals surface area (Å²) in [5.41, 5.74) is 0.819. The Morgan fingerprint density at radius 3 is 2.90 bits per heavy atom. The average molecular weight is 158 g/mol. The number of sulfonamides is 1. The Bertz CT molecular complexity index is 351. The van der Waals surface area contributed by atoms with Crippen molar-refractivity contribution in [2.24, 2.45) is 0 Å². The summed E-state index contributed by atoms with van der Waals surface area (Å²) in [6.07, 6.45) is 3.18. The number of aromatic nitrogens is 1. The molecule has 0 fully saturated rings. The van der Waals surface area contributed by atoms with E-state index in [-0.39, 0.29) is 0 Å². The minimum atomic E-state index is -3.14. The van der Waals surface area contributed by atoms with E-state index in [0.717, 1.165) is 5.56 Å². The van der Waals surface area contributed by atoms with Gasteiger partial charge < -0.3 is 4.98 Å². The van der Waals surface area contributed by atoms with E-state index >= 15 is 0 Å². The molecule has 0 aromatic carbocycles. The van der Waals surface area contributed by atoms with E-state index in [4.69, 9.17) is 0 Å². The van der Waals surface area contributed by atoms with E-state index in [1.54, 1.807) is 6.20 Å². The fourth-order valence-corrected chi connectivity index (χ4v) is 2.22. The molecule has 0 saturated carbocycles. The average Bonchev–Trinajstić information content (AvgIpc) is 2.36. The van der Waals surface area contributed by atoms with Gasteiger partial charge in [-0.15, -0.1) is 0 Å². The first-order chi connectivity index (χ1) is 4.70. The molecule has 2 heterocycles. The van der Waals surface area contributed by atoms with Crippen LogP contribution in [-0.4, -0.2) is 13.4 Å². The number of hydrogen-bond acceptors (Lipinski definition) is 2. The van der Waals surface area contributed by atoms with Gasteiger partial charge in [-0.25, -0.2) is 13.1 Å². The van der Waals surface area contributed by atoms with Gasteiger partial charge >= 0.3 is 0 Å². The smallest absolute Gasteiger partial charge is 0.242 e. The van der Waals surface area contributed by atoms with E-state index in [9.17, 15) is 8.42 Å². The number of rotatable bonds is 0. The second-order valence-corrected chi connectivity index (χ2v) is 3.90. The Hall–Kier alpha value is -0.810. The van der Waals surface area contributed by atoms with Crippen molar-refractivity contribution in [3.63, 3.8) is 0 Å². The third-order valence-electron chi connectivity index (χ3n) is 1.53. The Kier molecular flexibility index (Phi) is 0.959. The molecule has 54 valence electrons. The van der Waals surface area contributed by atoms with Crippen LogP contribution >= 0.6 is 0 Å². The highest BCUT2D eigenvalue weighted by Crippen LogP contribution is 2.20. The molecule has 2 rings (SSSR count). The molecule has 0 bridgehead atoms. The Labute approximate surface area is 58.3 Å². The number of H-pyrrole nitrogens is 1. The summed E-state index contributed by atoms with van der Waals surface area (Å²) in [5.74, 6) is 0. The number of hydrogen-bond donors (Lipinski definition) is 2. The maximum absolute atomic E-state index is 11.0. The quantitative estimate of drug-likeness (QED) is 0.549. The van der Waals surface area contributed by atoms with Gasteiger partial charge in [-0.1, -0.05) is 0 Å². The first-order valence-corrected chi connectivity index (χ1v) is 4.34. The first-order valence-electron chi connectivity index (χ1n) is 2.85. The van der Waals surface area contributed by atoms with Crippen molar-refractivity contribution in [2.75, 3.05) is 0 Å². The topological polar surface area (TPSA) is 62.0 Å². The van der Waals surface area contributed by atoms with E-state index in [1.807, 2.05) is 0 Å². The van der Waals surface area contributed by atoms with E-state index < -0.39 is 10.0 Å². The number of aromatic amines is 1. The summed E-state index contributed by atoms with van der Waals surface area (Å²) in [4.78, 5) is 3.12. The lowest BCUT2D eigenvalue weighted by molar-refractivity contribution is 0.589. The van der Waals surface area contributed by atoms with Gasteiger partial charge in [0, 0.05) is 24.5 Å². The molecule has 1 aromatic rings. The van der Waals surface area contributed by atoms with Crippen molar-refractivity contribution >= 4 is 10.0 Å². The van der Waals surface area contributed by atoms with Gasteiger partial charge in [0.1, 0.15) is 4.90 Å². The molecule has 0 atom stereocenters. The standard InChI is InChI=1S/C5H6N2O2S/c8-10(9)5-3-6-1-4(5)2-7-10/h1,3,6-7H,2H2. The summed E-state index contributed by atoms with van der Waals surface area (Å²) < 4.78 is 24.4. The van der Waals surface area contributed by atoms with Crippen LogP contribution in [0.25, 0.3) is 0 Å². The van der Waals surface area contributed by atoms with Crippen molar-refractivity contribution in [1.29, 1.82) is 0 Å². The van der Waals surface area contributed by atoms with E-state index in [2.05, 4.69) is 9.71 Å². The van der Waals surface area contributed by atoms with Gasteiger partial charge in [0.25, 0.3) is 0 Å². The molecule has 1 aromatic heterocycles. The summed E-state index contributed by atoms with van der Waals surface area (Å²) in [6, 6.07) is 0. The van der Waals surface area contributed by atoms with E-state index in [0.29, 0.717) is 11.4 Å². The molecule has 5 heteroatoms. The lowest BCUT2D eigenvalue weighted by Crippen LogP contribution is -2.14. The molecular weight excluding hydrogens is 152 g/mol. The van der Waals surface area contributed by atoms with Crippen LogP contribution in [0, 0.1) is 0 Å². The normalized spacial score (nSPS) is 20.8. The van der Waals surface area contributed by atoms with Crippen LogP contribution in [-0.2, 0) is 16.6 Å². The Morgan fingerprint density at radius 1 is 1.40 bits per heavy atom. The zero-order valence-corrected chi connectivity index (χ0v) is 5.90. The second-order valence-electron chi connectivity index (χ2n) is 2.17. The van der Waals surface area contributed by atoms with Gasteiger partial charge in [0.15, 0.2) is 0 Å². The number of fused-ring (bicyclic) bond motifs is 1. The maximum Gasteiger partial charge on any atom is 0.242 e. The lowest BCUT2D eigenvalue weighted by Gasteiger charge is -1.88. The monoisotopic (exact) mass is 158 g/mol. The number of nitrogens with one attached hydrogen (secondary N) is 2. The molecule has 0 aliphatic carbocycles. The molecule has 2 N–H and O–H groups in total. The molecule has 1 aliphatic heterocycles. The molecule has 0 amide bonds. The highest BCUT2D eigenvalue weighted by molar-refractivity contribution is 7.89. The lowest BCUT2D eigenvalue weighted by atomic mass is 10.3. The van der Waals surface area contributed by atoms with Crippen LogP contribution in [0.15, 0.2) is 17.3 Å². The molecule has 0 unspecified atom stereocenters. The molecule has 0 radical (unpaired) electrons.